The Morgan fingerprint density at radius 2 is 1.12 bits per heavy atom. The van der Waals surface area contributed by atoms with Gasteiger partial charge in [0.05, 0.1) is 11.1 Å². The van der Waals surface area contributed by atoms with E-state index in [0.717, 1.165) is 0 Å². The number of ether oxygens (including phenoxy) is 2. The fourth-order valence-corrected chi connectivity index (χ4v) is 1.98. The van der Waals surface area contributed by atoms with Gasteiger partial charge in [0.15, 0.2) is 0 Å². The highest BCUT2D eigenvalue weighted by molar-refractivity contribution is 6.30. The van der Waals surface area contributed by atoms with Crippen LogP contribution in [-0.4, -0.2) is 36.4 Å². The zero-order chi connectivity index (χ0) is 17.5. The molecule has 2 rings (SSSR count). The maximum absolute atomic E-state index is 11.8. The van der Waals surface area contributed by atoms with Crippen LogP contribution in [0.3, 0.4) is 0 Å². The first kappa shape index (κ1) is 18.3. The second-order valence-electron chi connectivity index (χ2n) is 4.86. The van der Waals surface area contributed by atoms with Gasteiger partial charge in [0.1, 0.15) is 19.3 Å². The van der Waals surface area contributed by atoms with Crippen molar-refractivity contribution < 1.29 is 24.2 Å². The van der Waals surface area contributed by atoms with Crippen LogP contribution in [0.25, 0.3) is 0 Å². The van der Waals surface area contributed by atoms with Crippen molar-refractivity contribution in [3.63, 3.8) is 0 Å². The molecule has 0 aliphatic heterocycles. The lowest BCUT2D eigenvalue weighted by molar-refractivity contribution is -0.00469. The summed E-state index contributed by atoms with van der Waals surface area (Å²) >= 11 is 11.5. The topological polar surface area (TPSA) is 72.8 Å². The Morgan fingerprint density at radius 1 is 0.792 bits per heavy atom. The van der Waals surface area contributed by atoms with E-state index in [1.165, 1.54) is 24.3 Å². The van der Waals surface area contributed by atoms with E-state index in [0.29, 0.717) is 21.2 Å². The standard InChI is InChI=1S/C17H14Cl2O5/c18-13-5-1-11(2-6-13)16(21)23-9-15(20)10-24-17(22)12-3-7-14(19)8-4-12/h1-8,15,20H,9-10H2. The van der Waals surface area contributed by atoms with E-state index in [2.05, 4.69) is 0 Å². The van der Waals surface area contributed by atoms with Gasteiger partial charge in [-0.05, 0) is 48.5 Å². The highest BCUT2D eigenvalue weighted by Crippen LogP contribution is 2.12. The molecule has 1 N–H and O–H groups in total. The van der Waals surface area contributed by atoms with E-state index < -0.39 is 18.0 Å². The summed E-state index contributed by atoms with van der Waals surface area (Å²) in [4.78, 5) is 23.5. The maximum atomic E-state index is 11.8. The highest BCUT2D eigenvalue weighted by Gasteiger charge is 2.14. The number of carbonyl (C=O) groups is 2. The molecule has 0 aromatic heterocycles. The zero-order valence-corrected chi connectivity index (χ0v) is 14.0. The summed E-state index contributed by atoms with van der Waals surface area (Å²) in [5.41, 5.74) is 0.620. The number of halogens is 2. The van der Waals surface area contributed by atoms with Crippen molar-refractivity contribution in [2.45, 2.75) is 6.10 Å². The van der Waals surface area contributed by atoms with Crippen molar-refractivity contribution in [1.82, 2.24) is 0 Å². The first-order chi connectivity index (χ1) is 11.5. The second-order valence-corrected chi connectivity index (χ2v) is 5.74. The van der Waals surface area contributed by atoms with Crippen LogP contribution in [0.5, 0.6) is 0 Å². The smallest absolute Gasteiger partial charge is 0.338 e. The number of esters is 2. The minimum atomic E-state index is -1.13. The van der Waals surface area contributed by atoms with E-state index >= 15 is 0 Å². The van der Waals surface area contributed by atoms with Crippen molar-refractivity contribution in [2.24, 2.45) is 0 Å². The average molecular weight is 369 g/mol. The third-order valence-electron chi connectivity index (χ3n) is 2.97. The first-order valence-electron chi connectivity index (χ1n) is 6.99. The van der Waals surface area contributed by atoms with Crippen LogP contribution in [0.4, 0.5) is 0 Å². The largest absolute Gasteiger partial charge is 0.459 e. The molecule has 0 saturated carbocycles. The number of aliphatic hydroxyl groups excluding tert-OH is 1. The summed E-state index contributed by atoms with van der Waals surface area (Å²) in [5.74, 6) is -1.20. The van der Waals surface area contributed by atoms with Crippen LogP contribution >= 0.6 is 23.2 Å². The molecular weight excluding hydrogens is 355 g/mol. The van der Waals surface area contributed by atoms with Crippen molar-refractivity contribution in [3.05, 3.63) is 69.7 Å². The summed E-state index contributed by atoms with van der Waals surface area (Å²) in [6.45, 7) is -0.593. The summed E-state index contributed by atoms with van der Waals surface area (Å²) in [6, 6.07) is 12.3. The van der Waals surface area contributed by atoms with Crippen molar-refractivity contribution >= 4 is 35.1 Å². The van der Waals surface area contributed by atoms with Gasteiger partial charge in [-0.2, -0.15) is 0 Å². The Morgan fingerprint density at radius 3 is 1.46 bits per heavy atom. The van der Waals surface area contributed by atoms with Crippen molar-refractivity contribution in [2.75, 3.05) is 13.2 Å². The van der Waals surface area contributed by atoms with Gasteiger partial charge >= 0.3 is 11.9 Å². The van der Waals surface area contributed by atoms with Gasteiger partial charge in [0.2, 0.25) is 0 Å². The van der Waals surface area contributed by atoms with E-state index in [9.17, 15) is 14.7 Å². The predicted molar refractivity (Wildman–Crippen MR) is 89.5 cm³/mol. The maximum Gasteiger partial charge on any atom is 0.338 e. The van der Waals surface area contributed by atoms with Crippen LogP contribution in [0.1, 0.15) is 20.7 Å². The summed E-state index contributed by atoms with van der Waals surface area (Å²) in [7, 11) is 0. The Bertz CT molecular complexity index is 636. The van der Waals surface area contributed by atoms with Crippen LogP contribution in [0.2, 0.25) is 10.0 Å². The molecule has 0 unspecified atom stereocenters. The fourth-order valence-electron chi connectivity index (χ4n) is 1.73. The third-order valence-corrected chi connectivity index (χ3v) is 3.48. The van der Waals surface area contributed by atoms with Crippen LogP contribution < -0.4 is 0 Å². The molecule has 0 aliphatic carbocycles. The minimum absolute atomic E-state index is 0.296. The molecule has 0 amide bonds. The molecule has 0 saturated heterocycles. The highest BCUT2D eigenvalue weighted by atomic mass is 35.5. The number of benzene rings is 2. The quantitative estimate of drug-likeness (QED) is 0.791. The lowest BCUT2D eigenvalue weighted by atomic mass is 10.2. The number of rotatable bonds is 6. The molecule has 5 nitrogen and oxygen atoms in total. The lowest BCUT2D eigenvalue weighted by Crippen LogP contribution is -2.25. The second kappa shape index (κ2) is 8.68. The molecule has 0 atom stereocenters. The Balaban J connectivity index is 1.75. The Hall–Kier alpha value is -2.08. The summed E-state index contributed by atoms with van der Waals surface area (Å²) < 4.78 is 9.89. The van der Waals surface area contributed by atoms with Gasteiger partial charge in [0.25, 0.3) is 0 Å². The molecule has 7 heteroatoms. The number of aliphatic hydroxyl groups is 1. The molecule has 0 spiro atoms. The first-order valence-corrected chi connectivity index (χ1v) is 7.75. The minimum Gasteiger partial charge on any atom is -0.459 e. The van der Waals surface area contributed by atoms with Crippen LogP contribution in [-0.2, 0) is 9.47 Å². The molecule has 0 bridgehead atoms. The number of hydrogen-bond acceptors (Lipinski definition) is 5. The van der Waals surface area contributed by atoms with Gasteiger partial charge in [-0.3, -0.25) is 0 Å². The van der Waals surface area contributed by atoms with Gasteiger partial charge < -0.3 is 14.6 Å². The average Bonchev–Trinajstić information content (AvgIpc) is 2.58. The monoisotopic (exact) mass is 368 g/mol. The van der Waals surface area contributed by atoms with Crippen LogP contribution in [0.15, 0.2) is 48.5 Å². The number of hydrogen-bond donors (Lipinski definition) is 1. The molecule has 0 fully saturated rings. The summed E-state index contributed by atoms with van der Waals surface area (Å²) in [6.07, 6.45) is -1.13. The van der Waals surface area contributed by atoms with Crippen molar-refractivity contribution in [3.8, 4) is 0 Å². The molecule has 0 radical (unpaired) electrons. The van der Waals surface area contributed by atoms with E-state index in [1.54, 1.807) is 24.3 Å². The van der Waals surface area contributed by atoms with Gasteiger partial charge in [-0.1, -0.05) is 23.2 Å². The SMILES string of the molecule is O=C(OCC(O)COC(=O)c1ccc(Cl)cc1)c1ccc(Cl)cc1. The molecule has 2 aromatic carbocycles. The Kier molecular flexibility index (Phi) is 6.61. The molecular formula is C17H14Cl2O5. The van der Waals surface area contributed by atoms with Gasteiger partial charge in [-0.25, -0.2) is 9.59 Å². The van der Waals surface area contributed by atoms with E-state index in [4.69, 9.17) is 32.7 Å². The normalized spacial score (nSPS) is 10.5. The molecule has 0 aliphatic rings. The Labute approximate surface area is 148 Å². The van der Waals surface area contributed by atoms with Gasteiger partial charge in [0, 0.05) is 10.0 Å². The van der Waals surface area contributed by atoms with Crippen LogP contribution in [0, 0.1) is 0 Å². The third kappa shape index (κ3) is 5.53. The molecule has 24 heavy (non-hydrogen) atoms. The molecule has 0 heterocycles. The molecule has 2 aromatic rings. The number of carbonyl (C=O) groups excluding carboxylic acids is 2. The van der Waals surface area contributed by atoms with E-state index in [-0.39, 0.29) is 13.2 Å². The fraction of sp³-hybridized carbons (Fsp3) is 0.176. The van der Waals surface area contributed by atoms with Crippen molar-refractivity contribution in [1.29, 1.82) is 0 Å². The molecule has 126 valence electrons. The summed E-state index contributed by atoms with van der Waals surface area (Å²) in [5, 5.41) is 10.7. The van der Waals surface area contributed by atoms with E-state index in [1.807, 2.05) is 0 Å². The predicted octanol–water partition coefficient (Wildman–Crippen LogP) is 3.37. The zero-order valence-electron chi connectivity index (χ0n) is 12.4. The van der Waals surface area contributed by atoms with Gasteiger partial charge in [-0.15, -0.1) is 0 Å². The lowest BCUT2D eigenvalue weighted by Gasteiger charge is -2.12.